The van der Waals surface area contributed by atoms with Crippen LogP contribution in [0.4, 0.5) is 0 Å². The molecule has 0 amide bonds. The largest absolute Gasteiger partial charge is 0.493 e. The van der Waals surface area contributed by atoms with Gasteiger partial charge in [-0.3, -0.25) is 4.79 Å². The van der Waals surface area contributed by atoms with Crippen LogP contribution >= 0.6 is 0 Å². The van der Waals surface area contributed by atoms with E-state index in [1.54, 1.807) is 19.2 Å². The molecule has 0 aromatic heterocycles. The Labute approximate surface area is 134 Å². The van der Waals surface area contributed by atoms with Crippen LogP contribution in [0.2, 0.25) is 0 Å². The van der Waals surface area contributed by atoms with Gasteiger partial charge in [0, 0.05) is 17.6 Å². The van der Waals surface area contributed by atoms with Crippen LogP contribution in [0.15, 0.2) is 48.0 Å². The van der Waals surface area contributed by atoms with Gasteiger partial charge in [0.05, 0.1) is 7.11 Å². The molecule has 0 saturated carbocycles. The highest BCUT2D eigenvalue weighted by Crippen LogP contribution is 2.31. The highest BCUT2D eigenvalue weighted by molar-refractivity contribution is 6.15. The Bertz CT molecular complexity index is 831. The van der Waals surface area contributed by atoms with E-state index in [2.05, 4.69) is 0 Å². The fourth-order valence-corrected chi connectivity index (χ4v) is 2.68. The molecule has 4 nitrogen and oxygen atoms in total. The molecule has 0 heterocycles. The summed E-state index contributed by atoms with van der Waals surface area (Å²) in [6, 6.07) is 15.0. The summed E-state index contributed by atoms with van der Waals surface area (Å²) in [7, 11) is 1.54. The van der Waals surface area contributed by atoms with E-state index in [9.17, 15) is 4.79 Å². The number of hydrogen-bond acceptors (Lipinski definition) is 4. The summed E-state index contributed by atoms with van der Waals surface area (Å²) in [6.45, 7) is -0.0371. The Morgan fingerprint density at radius 3 is 2.78 bits per heavy atom. The molecule has 0 radical (unpaired) electrons. The molecule has 0 saturated heterocycles. The number of ether oxygens (including phenoxy) is 2. The first-order valence-corrected chi connectivity index (χ1v) is 7.24. The van der Waals surface area contributed by atoms with Gasteiger partial charge in [0.2, 0.25) is 0 Å². The average Bonchev–Trinajstić information content (AvgIpc) is 2.90. The Morgan fingerprint density at radius 2 is 2.04 bits per heavy atom. The SMILES string of the molecule is COc1cc(/C=C2\Cc3ccccc3C2=O)ccc1OCC#N. The molecule has 114 valence electrons. The third-order valence-corrected chi connectivity index (χ3v) is 3.76. The Hall–Kier alpha value is -3.06. The lowest BCUT2D eigenvalue weighted by Gasteiger charge is -2.09. The second-order valence-corrected chi connectivity index (χ2v) is 5.19. The Morgan fingerprint density at radius 1 is 1.22 bits per heavy atom. The van der Waals surface area contributed by atoms with E-state index in [4.69, 9.17) is 14.7 Å². The van der Waals surface area contributed by atoms with Crippen LogP contribution in [-0.4, -0.2) is 19.5 Å². The van der Waals surface area contributed by atoms with Crippen molar-refractivity contribution in [2.75, 3.05) is 13.7 Å². The third-order valence-electron chi connectivity index (χ3n) is 3.76. The molecule has 0 aliphatic heterocycles. The van der Waals surface area contributed by atoms with Crippen LogP contribution in [0.3, 0.4) is 0 Å². The molecule has 0 unspecified atom stereocenters. The van der Waals surface area contributed by atoms with Gasteiger partial charge in [-0.25, -0.2) is 0 Å². The monoisotopic (exact) mass is 305 g/mol. The minimum atomic E-state index is -0.0371. The molecule has 23 heavy (non-hydrogen) atoms. The summed E-state index contributed by atoms with van der Waals surface area (Å²) in [5.74, 6) is 1.12. The summed E-state index contributed by atoms with van der Waals surface area (Å²) in [4.78, 5) is 12.4. The maximum atomic E-state index is 12.4. The summed E-state index contributed by atoms with van der Waals surface area (Å²) in [5, 5.41) is 8.59. The predicted molar refractivity (Wildman–Crippen MR) is 86.6 cm³/mol. The number of Topliss-reactive ketones (excluding diaryl/α,β-unsaturated/α-hetero) is 1. The van der Waals surface area contributed by atoms with Crippen molar-refractivity contribution in [1.29, 1.82) is 5.26 Å². The van der Waals surface area contributed by atoms with E-state index >= 15 is 0 Å². The van der Waals surface area contributed by atoms with Gasteiger partial charge in [0.15, 0.2) is 23.9 Å². The molecule has 0 fully saturated rings. The van der Waals surface area contributed by atoms with Crippen LogP contribution in [0.25, 0.3) is 6.08 Å². The van der Waals surface area contributed by atoms with Crippen molar-refractivity contribution in [3.05, 3.63) is 64.7 Å². The van der Waals surface area contributed by atoms with E-state index in [-0.39, 0.29) is 12.4 Å². The van der Waals surface area contributed by atoms with Gasteiger partial charge in [-0.05, 0) is 29.3 Å². The number of nitrogens with zero attached hydrogens (tertiary/aromatic N) is 1. The first-order chi connectivity index (χ1) is 11.2. The molecule has 0 bridgehead atoms. The molecule has 3 rings (SSSR count). The normalized spacial score (nSPS) is 14.4. The number of rotatable bonds is 4. The number of carbonyl (C=O) groups is 1. The van der Waals surface area contributed by atoms with Crippen molar-refractivity contribution in [3.8, 4) is 17.6 Å². The van der Waals surface area contributed by atoms with Gasteiger partial charge in [0.25, 0.3) is 0 Å². The number of allylic oxidation sites excluding steroid dienone is 1. The molecule has 0 atom stereocenters. The minimum Gasteiger partial charge on any atom is -0.493 e. The average molecular weight is 305 g/mol. The molecule has 1 aliphatic carbocycles. The first-order valence-electron chi connectivity index (χ1n) is 7.24. The van der Waals surface area contributed by atoms with E-state index in [0.29, 0.717) is 17.9 Å². The zero-order chi connectivity index (χ0) is 16.2. The third kappa shape index (κ3) is 2.95. The molecule has 0 spiro atoms. The highest BCUT2D eigenvalue weighted by Gasteiger charge is 2.23. The molecule has 2 aromatic carbocycles. The molecule has 4 heteroatoms. The maximum absolute atomic E-state index is 12.4. The van der Waals surface area contributed by atoms with Crippen LogP contribution in [-0.2, 0) is 6.42 Å². The van der Waals surface area contributed by atoms with Crippen LogP contribution in [0.5, 0.6) is 11.5 Å². The van der Waals surface area contributed by atoms with Crippen molar-refractivity contribution in [2.45, 2.75) is 6.42 Å². The van der Waals surface area contributed by atoms with Gasteiger partial charge in [0.1, 0.15) is 6.07 Å². The minimum absolute atomic E-state index is 0.0371. The molecular formula is C19H15NO3. The summed E-state index contributed by atoms with van der Waals surface area (Å²) < 4.78 is 10.6. The standard InChI is InChI=1S/C19H15NO3/c1-22-18-11-13(6-7-17(18)23-9-8-20)10-15-12-14-4-2-3-5-16(14)19(15)21/h2-7,10-11H,9,12H2,1H3/b15-10+. The van der Waals surface area contributed by atoms with Crippen molar-refractivity contribution in [2.24, 2.45) is 0 Å². The summed E-state index contributed by atoms with van der Waals surface area (Å²) >= 11 is 0. The summed E-state index contributed by atoms with van der Waals surface area (Å²) in [5.41, 5.74) is 3.46. The number of nitriles is 1. The van der Waals surface area contributed by atoms with Gasteiger partial charge in [-0.1, -0.05) is 30.3 Å². The van der Waals surface area contributed by atoms with Crippen LogP contribution in [0.1, 0.15) is 21.5 Å². The van der Waals surface area contributed by atoms with Gasteiger partial charge in [-0.15, -0.1) is 0 Å². The van der Waals surface area contributed by atoms with Crippen LogP contribution < -0.4 is 9.47 Å². The van der Waals surface area contributed by atoms with E-state index in [0.717, 1.165) is 22.3 Å². The second kappa shape index (κ2) is 6.37. The van der Waals surface area contributed by atoms with E-state index in [1.165, 1.54) is 0 Å². The van der Waals surface area contributed by atoms with E-state index in [1.807, 2.05) is 42.5 Å². The summed E-state index contributed by atoms with van der Waals surface area (Å²) in [6.07, 6.45) is 2.52. The van der Waals surface area contributed by atoms with Gasteiger partial charge < -0.3 is 9.47 Å². The molecule has 0 N–H and O–H groups in total. The second-order valence-electron chi connectivity index (χ2n) is 5.19. The number of benzene rings is 2. The fourth-order valence-electron chi connectivity index (χ4n) is 2.68. The quantitative estimate of drug-likeness (QED) is 0.812. The smallest absolute Gasteiger partial charge is 0.189 e. The zero-order valence-electron chi connectivity index (χ0n) is 12.7. The first kappa shape index (κ1) is 14.9. The number of hydrogen-bond donors (Lipinski definition) is 0. The van der Waals surface area contributed by atoms with Crippen molar-refractivity contribution in [3.63, 3.8) is 0 Å². The number of carbonyl (C=O) groups excluding carboxylic acids is 1. The zero-order valence-corrected chi connectivity index (χ0v) is 12.7. The molecule has 1 aliphatic rings. The topological polar surface area (TPSA) is 59.3 Å². The lowest BCUT2D eigenvalue weighted by molar-refractivity contribution is 0.104. The molecule has 2 aromatic rings. The van der Waals surface area contributed by atoms with Crippen LogP contribution in [0, 0.1) is 11.3 Å². The molecular weight excluding hydrogens is 290 g/mol. The van der Waals surface area contributed by atoms with Gasteiger partial charge in [-0.2, -0.15) is 5.26 Å². The Balaban J connectivity index is 1.89. The van der Waals surface area contributed by atoms with Gasteiger partial charge >= 0.3 is 0 Å². The number of fused-ring (bicyclic) bond motifs is 1. The number of ketones is 1. The Kier molecular flexibility index (Phi) is 4.11. The predicted octanol–water partition coefficient (Wildman–Crippen LogP) is 3.42. The van der Waals surface area contributed by atoms with Crippen molar-refractivity contribution >= 4 is 11.9 Å². The lowest BCUT2D eigenvalue weighted by atomic mass is 10.1. The number of methoxy groups -OCH3 is 1. The lowest BCUT2D eigenvalue weighted by Crippen LogP contribution is -1.98. The van der Waals surface area contributed by atoms with E-state index < -0.39 is 0 Å². The fraction of sp³-hybridized carbons (Fsp3) is 0.158. The maximum Gasteiger partial charge on any atom is 0.189 e. The van der Waals surface area contributed by atoms with Crippen molar-refractivity contribution in [1.82, 2.24) is 0 Å². The highest BCUT2D eigenvalue weighted by atomic mass is 16.5. The van der Waals surface area contributed by atoms with Crippen molar-refractivity contribution < 1.29 is 14.3 Å².